The molecule has 1 saturated heterocycles. The molecule has 3 nitrogen and oxygen atoms in total. The van der Waals surface area contributed by atoms with Crippen molar-refractivity contribution in [2.24, 2.45) is 0 Å². The molecule has 0 spiro atoms. The third-order valence-electron chi connectivity index (χ3n) is 3.54. The molecule has 0 amide bonds. The van der Waals surface area contributed by atoms with E-state index in [1.807, 2.05) is 18.2 Å². The van der Waals surface area contributed by atoms with E-state index in [1.165, 1.54) is 5.56 Å². The Hall–Kier alpha value is -1.03. The first-order chi connectivity index (χ1) is 9.26. The second-order valence-electron chi connectivity index (χ2n) is 4.72. The van der Waals surface area contributed by atoms with E-state index in [0.29, 0.717) is 11.1 Å². The van der Waals surface area contributed by atoms with Gasteiger partial charge in [-0.25, -0.2) is 0 Å². The molecule has 1 heterocycles. The van der Waals surface area contributed by atoms with Gasteiger partial charge < -0.3 is 10.1 Å². The van der Waals surface area contributed by atoms with E-state index in [2.05, 4.69) is 22.9 Å². The number of hydrogen-bond donors (Lipinski definition) is 1. The van der Waals surface area contributed by atoms with Crippen LogP contribution in [0.4, 0.5) is 0 Å². The first kappa shape index (κ1) is 14.4. The maximum Gasteiger partial charge on any atom is 0.137 e. The van der Waals surface area contributed by atoms with Gasteiger partial charge in [-0.05, 0) is 24.1 Å². The Bertz CT molecular complexity index is 430. The first-order valence-corrected chi connectivity index (χ1v) is 7.03. The quantitative estimate of drug-likeness (QED) is 0.840. The Morgan fingerprint density at radius 1 is 1.47 bits per heavy atom. The second kappa shape index (κ2) is 6.94. The molecule has 1 fully saturated rings. The summed E-state index contributed by atoms with van der Waals surface area (Å²) in [5, 5.41) is 4.04. The highest BCUT2D eigenvalue weighted by atomic mass is 35.5. The standard InChI is InChI=1S/C15H21ClN2O/c1-3-4-14(18-9-7-17-8-10-18)12-5-6-13(16)15(11-12)19-2/h3,5-6,11,14,17H,1,4,7-10H2,2H3/t14-/m0/s1. The van der Waals surface area contributed by atoms with Crippen LogP contribution in [0.15, 0.2) is 30.9 Å². The van der Waals surface area contributed by atoms with E-state index in [0.717, 1.165) is 38.3 Å². The number of piperazine rings is 1. The van der Waals surface area contributed by atoms with Crippen LogP contribution in [0.1, 0.15) is 18.0 Å². The van der Waals surface area contributed by atoms with Crippen LogP contribution in [0.5, 0.6) is 5.75 Å². The topological polar surface area (TPSA) is 24.5 Å². The molecule has 0 unspecified atom stereocenters. The van der Waals surface area contributed by atoms with Crippen molar-refractivity contribution in [2.75, 3.05) is 33.3 Å². The lowest BCUT2D eigenvalue weighted by molar-refractivity contribution is 0.174. The molecule has 0 radical (unpaired) electrons. The van der Waals surface area contributed by atoms with E-state index in [1.54, 1.807) is 7.11 Å². The van der Waals surface area contributed by atoms with Crippen LogP contribution in [0.25, 0.3) is 0 Å². The van der Waals surface area contributed by atoms with Crippen molar-refractivity contribution in [2.45, 2.75) is 12.5 Å². The molecule has 1 aliphatic rings. The van der Waals surface area contributed by atoms with Gasteiger partial charge in [-0.1, -0.05) is 23.7 Å². The Balaban J connectivity index is 2.24. The lowest BCUT2D eigenvalue weighted by atomic mass is 10.0. The Morgan fingerprint density at radius 2 is 2.21 bits per heavy atom. The molecule has 1 aromatic rings. The number of benzene rings is 1. The zero-order chi connectivity index (χ0) is 13.7. The summed E-state index contributed by atoms with van der Waals surface area (Å²) in [6.07, 6.45) is 2.92. The SMILES string of the molecule is C=CC[C@@H](c1ccc(Cl)c(OC)c1)N1CCNCC1. The summed E-state index contributed by atoms with van der Waals surface area (Å²) in [4.78, 5) is 2.49. The third-order valence-corrected chi connectivity index (χ3v) is 3.85. The van der Waals surface area contributed by atoms with Crippen LogP contribution in [0.3, 0.4) is 0 Å². The normalized spacial score (nSPS) is 18.0. The minimum atomic E-state index is 0.353. The second-order valence-corrected chi connectivity index (χ2v) is 5.13. The third kappa shape index (κ3) is 3.50. The van der Waals surface area contributed by atoms with Crippen LogP contribution in [0, 0.1) is 0 Å². The number of ether oxygens (including phenoxy) is 1. The minimum absolute atomic E-state index is 0.353. The number of rotatable bonds is 5. The van der Waals surface area contributed by atoms with Gasteiger partial charge in [-0.3, -0.25) is 4.90 Å². The van der Waals surface area contributed by atoms with Gasteiger partial charge in [0, 0.05) is 32.2 Å². The van der Waals surface area contributed by atoms with Crippen molar-refractivity contribution in [3.8, 4) is 5.75 Å². The van der Waals surface area contributed by atoms with Gasteiger partial charge in [0.2, 0.25) is 0 Å². The Labute approximate surface area is 120 Å². The van der Waals surface area contributed by atoms with Crippen LogP contribution in [-0.2, 0) is 0 Å². The summed E-state index contributed by atoms with van der Waals surface area (Å²) in [5.41, 5.74) is 1.24. The van der Waals surface area contributed by atoms with Crippen LogP contribution in [-0.4, -0.2) is 38.2 Å². The zero-order valence-corrected chi connectivity index (χ0v) is 12.1. The lowest BCUT2D eigenvalue weighted by Crippen LogP contribution is -2.45. The maximum atomic E-state index is 6.10. The number of methoxy groups -OCH3 is 1. The number of hydrogen-bond acceptors (Lipinski definition) is 3. The predicted octanol–water partition coefficient (Wildman–Crippen LogP) is 2.87. The summed E-state index contributed by atoms with van der Waals surface area (Å²) in [5.74, 6) is 0.739. The highest BCUT2D eigenvalue weighted by Gasteiger charge is 2.21. The molecule has 104 valence electrons. The van der Waals surface area contributed by atoms with Crippen molar-refractivity contribution >= 4 is 11.6 Å². The molecular formula is C15H21ClN2O. The molecule has 1 aromatic carbocycles. The monoisotopic (exact) mass is 280 g/mol. The summed E-state index contributed by atoms with van der Waals surface area (Å²) in [6, 6.07) is 6.39. The fourth-order valence-corrected chi connectivity index (χ4v) is 2.73. The minimum Gasteiger partial charge on any atom is -0.495 e. The predicted molar refractivity (Wildman–Crippen MR) is 80.0 cm³/mol. The zero-order valence-electron chi connectivity index (χ0n) is 11.4. The van der Waals surface area contributed by atoms with Gasteiger partial charge in [0.1, 0.15) is 5.75 Å². The number of nitrogens with one attached hydrogen (secondary N) is 1. The van der Waals surface area contributed by atoms with Gasteiger partial charge in [0.25, 0.3) is 0 Å². The Morgan fingerprint density at radius 3 is 2.84 bits per heavy atom. The number of nitrogens with zero attached hydrogens (tertiary/aromatic N) is 1. The van der Waals surface area contributed by atoms with Crippen molar-refractivity contribution in [1.29, 1.82) is 0 Å². The molecule has 1 atom stereocenters. The molecule has 0 aliphatic carbocycles. The molecule has 2 rings (SSSR count). The van der Waals surface area contributed by atoms with E-state index in [4.69, 9.17) is 16.3 Å². The van der Waals surface area contributed by atoms with E-state index in [9.17, 15) is 0 Å². The van der Waals surface area contributed by atoms with Crippen LogP contribution >= 0.6 is 11.6 Å². The van der Waals surface area contributed by atoms with Gasteiger partial charge in [-0.2, -0.15) is 0 Å². The summed E-state index contributed by atoms with van der Waals surface area (Å²) < 4.78 is 5.31. The van der Waals surface area contributed by atoms with E-state index < -0.39 is 0 Å². The molecule has 19 heavy (non-hydrogen) atoms. The van der Waals surface area contributed by atoms with Gasteiger partial charge in [0.15, 0.2) is 0 Å². The average molecular weight is 281 g/mol. The largest absolute Gasteiger partial charge is 0.495 e. The summed E-state index contributed by atoms with van der Waals surface area (Å²) >= 11 is 6.10. The maximum absolute atomic E-state index is 6.10. The highest BCUT2D eigenvalue weighted by Crippen LogP contribution is 2.32. The average Bonchev–Trinajstić information content (AvgIpc) is 2.46. The van der Waals surface area contributed by atoms with Crippen molar-refractivity contribution < 1.29 is 4.74 Å². The summed E-state index contributed by atoms with van der Waals surface area (Å²) in [7, 11) is 1.65. The smallest absolute Gasteiger partial charge is 0.137 e. The lowest BCUT2D eigenvalue weighted by Gasteiger charge is -2.35. The van der Waals surface area contributed by atoms with Crippen molar-refractivity contribution in [3.63, 3.8) is 0 Å². The van der Waals surface area contributed by atoms with Crippen LogP contribution < -0.4 is 10.1 Å². The van der Waals surface area contributed by atoms with Gasteiger partial charge in [0.05, 0.1) is 12.1 Å². The molecule has 4 heteroatoms. The fourth-order valence-electron chi connectivity index (χ4n) is 2.53. The molecule has 0 aromatic heterocycles. The molecular weight excluding hydrogens is 260 g/mol. The van der Waals surface area contributed by atoms with Crippen LogP contribution in [0.2, 0.25) is 5.02 Å². The summed E-state index contributed by atoms with van der Waals surface area (Å²) in [6.45, 7) is 8.08. The highest BCUT2D eigenvalue weighted by molar-refractivity contribution is 6.32. The first-order valence-electron chi connectivity index (χ1n) is 6.65. The fraction of sp³-hybridized carbons (Fsp3) is 0.467. The molecule has 1 aliphatic heterocycles. The molecule has 0 saturated carbocycles. The van der Waals surface area contributed by atoms with E-state index in [-0.39, 0.29) is 0 Å². The van der Waals surface area contributed by atoms with Gasteiger partial charge >= 0.3 is 0 Å². The van der Waals surface area contributed by atoms with E-state index >= 15 is 0 Å². The van der Waals surface area contributed by atoms with Crippen molar-refractivity contribution in [1.82, 2.24) is 10.2 Å². The molecule has 1 N–H and O–H groups in total. The van der Waals surface area contributed by atoms with Gasteiger partial charge in [-0.15, -0.1) is 6.58 Å². The molecule has 0 bridgehead atoms. The van der Waals surface area contributed by atoms with Crippen molar-refractivity contribution in [3.05, 3.63) is 41.4 Å². The Kier molecular flexibility index (Phi) is 5.25. The number of halogens is 1.